The van der Waals surface area contributed by atoms with Gasteiger partial charge in [0.2, 0.25) is 0 Å². The van der Waals surface area contributed by atoms with E-state index in [0.717, 1.165) is 16.3 Å². The smallest absolute Gasteiger partial charge is 0.336 e. The van der Waals surface area contributed by atoms with Crippen LogP contribution in [0.5, 0.6) is 0 Å². The Morgan fingerprint density at radius 3 is 2.59 bits per heavy atom. The minimum atomic E-state index is -1.00. The van der Waals surface area contributed by atoms with E-state index in [2.05, 4.69) is 34.5 Å². The number of nitrogens with one attached hydrogen (secondary N) is 1. The van der Waals surface area contributed by atoms with E-state index in [1.54, 1.807) is 41.7 Å². The summed E-state index contributed by atoms with van der Waals surface area (Å²) in [5.74, 6) is -0.643. The molecule has 0 amide bonds. The van der Waals surface area contributed by atoms with Crippen LogP contribution in [0, 0.1) is 0 Å². The van der Waals surface area contributed by atoms with Crippen molar-refractivity contribution in [3.8, 4) is 22.5 Å². The number of benzene rings is 3. The zero-order valence-electron chi connectivity index (χ0n) is 16.7. The molecule has 3 heterocycles. The second-order valence-corrected chi connectivity index (χ2v) is 8.63. The molecule has 6 aromatic rings. The third kappa shape index (κ3) is 2.75. The van der Waals surface area contributed by atoms with Crippen LogP contribution in [0.25, 0.3) is 53.6 Å². The molecule has 0 fully saturated rings. The monoisotopic (exact) mass is 436 g/mol. The normalized spacial score (nSPS) is 11.5. The molecule has 6 nitrogen and oxygen atoms in total. The standard InChI is InChI=1S/C25H16N4O2S/c26-24-22-19(28-29-24)12-18(14-5-1-2-7-16(14)25(30)31)27-23(22)13-9-10-21-17(11-13)15-6-3-4-8-20(15)32-21/h1-12H,(H,30,31)(H3,26,28,29). The maximum absolute atomic E-state index is 11.8. The predicted molar refractivity (Wildman–Crippen MR) is 129 cm³/mol. The number of nitrogens with zero attached hydrogens (tertiary/aromatic N) is 2. The molecule has 6 rings (SSSR count). The number of carbonyl (C=O) groups is 1. The summed E-state index contributed by atoms with van der Waals surface area (Å²) in [4.78, 5) is 16.7. The minimum absolute atomic E-state index is 0.192. The number of fused-ring (bicyclic) bond motifs is 4. The van der Waals surface area contributed by atoms with Gasteiger partial charge in [-0.05, 0) is 30.3 Å². The van der Waals surface area contributed by atoms with Gasteiger partial charge in [-0.15, -0.1) is 11.3 Å². The summed E-state index contributed by atoms with van der Waals surface area (Å²) in [5, 5.41) is 19.9. The van der Waals surface area contributed by atoms with Crippen molar-refractivity contribution in [2.45, 2.75) is 0 Å². The molecule has 0 aliphatic rings. The number of thiophene rings is 1. The van der Waals surface area contributed by atoms with Crippen molar-refractivity contribution < 1.29 is 9.90 Å². The van der Waals surface area contributed by atoms with Gasteiger partial charge in [-0.25, -0.2) is 9.78 Å². The number of nitrogen functional groups attached to an aromatic ring is 1. The summed E-state index contributed by atoms with van der Waals surface area (Å²) < 4.78 is 2.42. The van der Waals surface area contributed by atoms with Gasteiger partial charge in [0.1, 0.15) is 0 Å². The number of aromatic amines is 1. The molecule has 4 N–H and O–H groups in total. The summed E-state index contributed by atoms with van der Waals surface area (Å²) >= 11 is 1.75. The molecule has 0 bridgehead atoms. The predicted octanol–water partition coefficient (Wildman–Crippen LogP) is 5.94. The summed E-state index contributed by atoms with van der Waals surface area (Å²) in [7, 11) is 0. The fourth-order valence-electron chi connectivity index (χ4n) is 4.18. The van der Waals surface area contributed by atoms with Gasteiger partial charge < -0.3 is 10.8 Å². The van der Waals surface area contributed by atoms with Crippen LogP contribution in [0.3, 0.4) is 0 Å². The molecule has 0 unspecified atom stereocenters. The fraction of sp³-hybridized carbons (Fsp3) is 0. The third-order valence-corrected chi connectivity index (χ3v) is 6.81. The van der Waals surface area contributed by atoms with Gasteiger partial charge in [0, 0.05) is 31.3 Å². The van der Waals surface area contributed by atoms with Crippen molar-refractivity contribution in [2.24, 2.45) is 0 Å². The number of nitrogens with two attached hydrogens (primary N) is 1. The Kier molecular flexibility index (Phi) is 3.99. The second kappa shape index (κ2) is 6.90. The van der Waals surface area contributed by atoms with Crippen LogP contribution in [0.15, 0.2) is 72.8 Å². The maximum Gasteiger partial charge on any atom is 0.336 e. The number of anilines is 1. The average Bonchev–Trinajstić information content (AvgIpc) is 3.38. The number of carboxylic acids is 1. The summed E-state index contributed by atoms with van der Waals surface area (Å²) in [6.45, 7) is 0. The Morgan fingerprint density at radius 1 is 0.938 bits per heavy atom. The lowest BCUT2D eigenvalue weighted by Gasteiger charge is -2.10. The van der Waals surface area contributed by atoms with Gasteiger partial charge >= 0.3 is 5.97 Å². The molecule has 0 spiro atoms. The molecule has 154 valence electrons. The lowest BCUT2D eigenvalue weighted by molar-refractivity contribution is 0.0697. The molecule has 0 saturated carbocycles. The largest absolute Gasteiger partial charge is 0.478 e. The zero-order chi connectivity index (χ0) is 21.8. The van der Waals surface area contributed by atoms with E-state index in [1.165, 1.54) is 14.8 Å². The number of rotatable bonds is 3. The highest BCUT2D eigenvalue weighted by Gasteiger charge is 2.18. The van der Waals surface area contributed by atoms with Gasteiger partial charge in [0.15, 0.2) is 5.82 Å². The van der Waals surface area contributed by atoms with E-state index in [1.807, 2.05) is 18.2 Å². The van der Waals surface area contributed by atoms with Crippen molar-refractivity contribution in [2.75, 3.05) is 5.73 Å². The quantitative estimate of drug-likeness (QED) is 0.318. The Balaban J connectivity index is 1.65. The number of hydrogen-bond acceptors (Lipinski definition) is 5. The molecule has 0 aliphatic carbocycles. The molecule has 0 aliphatic heterocycles. The van der Waals surface area contributed by atoms with Crippen LogP contribution in [0.2, 0.25) is 0 Å². The van der Waals surface area contributed by atoms with Crippen LogP contribution in [0.4, 0.5) is 5.82 Å². The second-order valence-electron chi connectivity index (χ2n) is 7.55. The van der Waals surface area contributed by atoms with Gasteiger partial charge in [-0.1, -0.05) is 42.5 Å². The van der Waals surface area contributed by atoms with Crippen LogP contribution in [-0.2, 0) is 0 Å². The van der Waals surface area contributed by atoms with Crippen LogP contribution in [-0.4, -0.2) is 26.3 Å². The molecular formula is C25H16N4O2S. The van der Waals surface area contributed by atoms with Crippen molar-refractivity contribution in [3.05, 3.63) is 78.4 Å². The van der Waals surface area contributed by atoms with Crippen molar-refractivity contribution in [1.82, 2.24) is 15.2 Å². The van der Waals surface area contributed by atoms with E-state index < -0.39 is 5.97 Å². The Hall–Kier alpha value is -4.23. The van der Waals surface area contributed by atoms with Gasteiger partial charge in [-0.3, -0.25) is 5.10 Å². The number of pyridine rings is 1. The first kappa shape index (κ1) is 18.5. The minimum Gasteiger partial charge on any atom is -0.478 e. The number of hydrogen-bond donors (Lipinski definition) is 3. The molecule has 0 radical (unpaired) electrons. The summed E-state index contributed by atoms with van der Waals surface area (Å²) in [5.41, 5.74) is 9.74. The highest BCUT2D eigenvalue weighted by Crippen LogP contribution is 2.39. The number of aromatic carboxylic acids is 1. The molecule has 0 saturated heterocycles. The molecule has 3 aromatic carbocycles. The van der Waals surface area contributed by atoms with E-state index in [-0.39, 0.29) is 5.56 Å². The molecule has 3 aromatic heterocycles. The first-order valence-corrected chi connectivity index (χ1v) is 10.8. The van der Waals surface area contributed by atoms with E-state index in [9.17, 15) is 9.90 Å². The lowest BCUT2D eigenvalue weighted by Crippen LogP contribution is -2.01. The SMILES string of the molecule is Nc1n[nH]c2cc(-c3ccccc3C(=O)O)nc(-c3ccc4sc5ccccc5c4c3)c12. The maximum atomic E-state index is 11.8. The molecule has 32 heavy (non-hydrogen) atoms. The van der Waals surface area contributed by atoms with Crippen molar-refractivity contribution in [3.63, 3.8) is 0 Å². The first-order chi connectivity index (χ1) is 15.6. The van der Waals surface area contributed by atoms with E-state index in [4.69, 9.17) is 10.7 Å². The van der Waals surface area contributed by atoms with Gasteiger partial charge in [0.05, 0.1) is 27.9 Å². The fourth-order valence-corrected chi connectivity index (χ4v) is 5.27. The lowest BCUT2D eigenvalue weighted by atomic mass is 10.00. The van der Waals surface area contributed by atoms with Gasteiger partial charge in [0.25, 0.3) is 0 Å². The highest BCUT2D eigenvalue weighted by molar-refractivity contribution is 7.25. The van der Waals surface area contributed by atoms with Crippen LogP contribution >= 0.6 is 11.3 Å². The van der Waals surface area contributed by atoms with Crippen LogP contribution in [0.1, 0.15) is 10.4 Å². The number of aromatic nitrogens is 3. The number of carboxylic acid groups (broad SMARTS) is 1. The highest BCUT2D eigenvalue weighted by atomic mass is 32.1. The summed E-state index contributed by atoms with van der Waals surface area (Å²) in [6, 6.07) is 23.2. The van der Waals surface area contributed by atoms with E-state index in [0.29, 0.717) is 28.3 Å². The summed E-state index contributed by atoms with van der Waals surface area (Å²) in [6.07, 6.45) is 0. The van der Waals surface area contributed by atoms with Crippen LogP contribution < -0.4 is 5.73 Å². The van der Waals surface area contributed by atoms with Gasteiger partial charge in [-0.2, -0.15) is 5.10 Å². The Bertz CT molecular complexity index is 1680. The van der Waals surface area contributed by atoms with Crippen molar-refractivity contribution in [1.29, 1.82) is 0 Å². The average molecular weight is 436 g/mol. The third-order valence-electron chi connectivity index (χ3n) is 5.66. The Morgan fingerprint density at radius 2 is 1.72 bits per heavy atom. The first-order valence-electron chi connectivity index (χ1n) is 9.99. The number of H-pyrrole nitrogens is 1. The Labute approximate surface area is 186 Å². The zero-order valence-corrected chi connectivity index (χ0v) is 17.5. The molecule has 7 heteroatoms. The van der Waals surface area contributed by atoms with E-state index >= 15 is 0 Å². The molecular weight excluding hydrogens is 420 g/mol. The topological polar surface area (TPSA) is 105 Å². The van der Waals surface area contributed by atoms with Crippen molar-refractivity contribution >= 4 is 54.2 Å². The molecule has 0 atom stereocenters.